The van der Waals surface area contributed by atoms with E-state index >= 15 is 0 Å². The minimum absolute atomic E-state index is 0.258. The van der Waals surface area contributed by atoms with Gasteiger partial charge in [0.25, 0.3) is 5.91 Å². The number of nitrogens with one attached hydrogen (secondary N) is 1. The SMILES string of the molecule is CO[C@@H](C(=O)Nc1cc2c(C)cc(=O)oc2cc1C)c1ccccc1. The summed E-state index contributed by atoms with van der Waals surface area (Å²) in [5, 5.41) is 3.70. The highest BCUT2D eigenvalue weighted by Crippen LogP contribution is 2.26. The van der Waals surface area contributed by atoms with E-state index in [1.165, 1.54) is 13.2 Å². The zero-order valence-corrected chi connectivity index (χ0v) is 14.3. The van der Waals surface area contributed by atoms with Crippen molar-refractivity contribution < 1.29 is 13.9 Å². The lowest BCUT2D eigenvalue weighted by Crippen LogP contribution is -2.23. The molecule has 0 saturated carbocycles. The molecule has 0 aliphatic heterocycles. The van der Waals surface area contributed by atoms with E-state index in [0.717, 1.165) is 22.1 Å². The van der Waals surface area contributed by atoms with Gasteiger partial charge in [0.2, 0.25) is 0 Å². The zero-order valence-electron chi connectivity index (χ0n) is 14.3. The number of hydrogen-bond acceptors (Lipinski definition) is 4. The summed E-state index contributed by atoms with van der Waals surface area (Å²) in [5.41, 5.74) is 3.16. The van der Waals surface area contributed by atoms with Gasteiger partial charge in [0.1, 0.15) is 5.58 Å². The lowest BCUT2D eigenvalue weighted by atomic mass is 10.1. The normalized spacial score (nSPS) is 12.1. The maximum Gasteiger partial charge on any atom is 0.336 e. The van der Waals surface area contributed by atoms with Crippen molar-refractivity contribution in [3.8, 4) is 0 Å². The summed E-state index contributed by atoms with van der Waals surface area (Å²) < 4.78 is 10.6. The van der Waals surface area contributed by atoms with E-state index in [1.54, 1.807) is 6.07 Å². The van der Waals surface area contributed by atoms with Gasteiger partial charge in [0, 0.05) is 24.2 Å². The molecule has 0 bridgehead atoms. The number of benzene rings is 2. The first-order chi connectivity index (χ1) is 12.0. The Morgan fingerprint density at radius 1 is 1.08 bits per heavy atom. The van der Waals surface area contributed by atoms with Crippen molar-refractivity contribution >= 4 is 22.6 Å². The molecule has 1 atom stereocenters. The molecule has 25 heavy (non-hydrogen) atoms. The van der Waals surface area contributed by atoms with Crippen LogP contribution in [0.2, 0.25) is 0 Å². The third kappa shape index (κ3) is 3.46. The van der Waals surface area contributed by atoms with Crippen LogP contribution in [0, 0.1) is 13.8 Å². The number of rotatable bonds is 4. The van der Waals surface area contributed by atoms with Gasteiger partial charge in [-0.3, -0.25) is 4.79 Å². The molecular weight excluding hydrogens is 318 g/mol. The van der Waals surface area contributed by atoms with Crippen LogP contribution in [0.1, 0.15) is 22.8 Å². The largest absolute Gasteiger partial charge is 0.423 e. The Morgan fingerprint density at radius 3 is 2.48 bits per heavy atom. The summed E-state index contributed by atoms with van der Waals surface area (Å²) in [6.45, 7) is 3.68. The van der Waals surface area contributed by atoms with Crippen LogP contribution in [0.25, 0.3) is 11.0 Å². The van der Waals surface area contributed by atoms with Crippen LogP contribution < -0.4 is 10.9 Å². The third-order valence-corrected chi connectivity index (χ3v) is 4.13. The predicted octanol–water partition coefficient (Wildman–Crippen LogP) is 3.74. The molecule has 0 unspecified atom stereocenters. The van der Waals surface area contributed by atoms with Crippen molar-refractivity contribution in [2.24, 2.45) is 0 Å². The van der Waals surface area contributed by atoms with Crippen LogP contribution in [0.3, 0.4) is 0 Å². The molecule has 0 spiro atoms. The molecule has 128 valence electrons. The van der Waals surface area contributed by atoms with Crippen LogP contribution >= 0.6 is 0 Å². The summed E-state index contributed by atoms with van der Waals surface area (Å²) in [6, 6.07) is 14.3. The number of carbonyl (C=O) groups excluding carboxylic acids is 1. The highest BCUT2D eigenvalue weighted by atomic mass is 16.5. The lowest BCUT2D eigenvalue weighted by molar-refractivity contribution is -0.126. The van der Waals surface area contributed by atoms with Crippen LogP contribution in [0.15, 0.2) is 57.7 Å². The van der Waals surface area contributed by atoms with Crippen LogP contribution in [-0.4, -0.2) is 13.0 Å². The maximum absolute atomic E-state index is 12.7. The Morgan fingerprint density at radius 2 is 1.80 bits per heavy atom. The van der Waals surface area contributed by atoms with E-state index in [4.69, 9.17) is 9.15 Å². The summed E-state index contributed by atoms with van der Waals surface area (Å²) in [5.74, 6) is -0.258. The Kier molecular flexibility index (Phi) is 4.67. The molecule has 3 aromatic rings. The van der Waals surface area contributed by atoms with Gasteiger partial charge >= 0.3 is 5.63 Å². The zero-order chi connectivity index (χ0) is 18.0. The Bertz CT molecular complexity index is 976. The first-order valence-corrected chi connectivity index (χ1v) is 7.93. The van der Waals surface area contributed by atoms with E-state index in [9.17, 15) is 9.59 Å². The second kappa shape index (κ2) is 6.91. The molecular formula is C20H19NO4. The molecule has 1 N–H and O–H groups in total. The van der Waals surface area contributed by atoms with Gasteiger partial charge in [-0.25, -0.2) is 4.79 Å². The summed E-state index contributed by atoms with van der Waals surface area (Å²) in [6.07, 6.45) is -0.703. The lowest BCUT2D eigenvalue weighted by Gasteiger charge is -2.17. The fourth-order valence-corrected chi connectivity index (χ4v) is 2.82. The molecule has 0 saturated heterocycles. The van der Waals surface area contributed by atoms with Crippen molar-refractivity contribution in [3.05, 3.63) is 75.6 Å². The highest BCUT2D eigenvalue weighted by Gasteiger charge is 2.21. The average Bonchev–Trinajstić information content (AvgIpc) is 2.57. The molecule has 0 aliphatic rings. The van der Waals surface area contributed by atoms with Crippen molar-refractivity contribution in [2.45, 2.75) is 20.0 Å². The smallest absolute Gasteiger partial charge is 0.336 e. The maximum atomic E-state index is 12.7. The molecule has 1 amide bonds. The Balaban J connectivity index is 1.95. The van der Waals surface area contributed by atoms with Gasteiger partial charge in [-0.05, 0) is 42.7 Å². The van der Waals surface area contributed by atoms with E-state index in [0.29, 0.717) is 11.3 Å². The fourth-order valence-electron chi connectivity index (χ4n) is 2.82. The summed E-state index contributed by atoms with van der Waals surface area (Å²) >= 11 is 0. The average molecular weight is 337 g/mol. The number of hydrogen-bond donors (Lipinski definition) is 1. The van der Waals surface area contributed by atoms with Crippen molar-refractivity contribution in [2.75, 3.05) is 12.4 Å². The van der Waals surface area contributed by atoms with Crippen LogP contribution in [0.4, 0.5) is 5.69 Å². The molecule has 0 aliphatic carbocycles. The van der Waals surface area contributed by atoms with Crippen LogP contribution in [-0.2, 0) is 9.53 Å². The molecule has 0 fully saturated rings. The minimum atomic E-state index is -0.703. The second-order valence-electron chi connectivity index (χ2n) is 5.93. The van der Waals surface area contributed by atoms with Crippen molar-refractivity contribution in [1.82, 2.24) is 0 Å². The van der Waals surface area contributed by atoms with Gasteiger partial charge in [-0.2, -0.15) is 0 Å². The quantitative estimate of drug-likeness (QED) is 0.737. The van der Waals surface area contributed by atoms with E-state index < -0.39 is 6.10 Å². The number of ether oxygens (including phenoxy) is 1. The Labute approximate surface area is 145 Å². The minimum Gasteiger partial charge on any atom is -0.423 e. The predicted molar refractivity (Wildman–Crippen MR) is 96.8 cm³/mol. The molecule has 0 radical (unpaired) electrons. The number of methoxy groups -OCH3 is 1. The third-order valence-electron chi connectivity index (χ3n) is 4.13. The van der Waals surface area contributed by atoms with Gasteiger partial charge in [-0.1, -0.05) is 30.3 Å². The Hall–Kier alpha value is -2.92. The van der Waals surface area contributed by atoms with Crippen molar-refractivity contribution in [3.63, 3.8) is 0 Å². The number of amides is 1. The molecule has 1 heterocycles. The molecule has 5 heteroatoms. The topological polar surface area (TPSA) is 68.5 Å². The van der Waals surface area contributed by atoms with E-state index in [1.807, 2.05) is 50.2 Å². The number of fused-ring (bicyclic) bond motifs is 1. The number of aryl methyl sites for hydroxylation is 2. The van der Waals surface area contributed by atoms with Gasteiger partial charge < -0.3 is 14.5 Å². The molecule has 1 aromatic heterocycles. The van der Waals surface area contributed by atoms with E-state index in [-0.39, 0.29) is 11.5 Å². The second-order valence-corrected chi connectivity index (χ2v) is 5.93. The van der Waals surface area contributed by atoms with Crippen LogP contribution in [0.5, 0.6) is 0 Å². The molecule has 5 nitrogen and oxygen atoms in total. The summed E-state index contributed by atoms with van der Waals surface area (Å²) in [7, 11) is 1.50. The molecule has 3 rings (SSSR count). The fraction of sp³-hybridized carbons (Fsp3) is 0.200. The van der Waals surface area contributed by atoms with Crippen molar-refractivity contribution in [1.29, 1.82) is 0 Å². The van der Waals surface area contributed by atoms with Gasteiger partial charge in [-0.15, -0.1) is 0 Å². The number of carbonyl (C=O) groups is 1. The molecule has 2 aromatic carbocycles. The monoisotopic (exact) mass is 337 g/mol. The van der Waals surface area contributed by atoms with E-state index in [2.05, 4.69) is 5.32 Å². The number of anilines is 1. The first-order valence-electron chi connectivity index (χ1n) is 7.93. The van der Waals surface area contributed by atoms with Gasteiger partial charge in [0.05, 0.1) is 0 Å². The van der Waals surface area contributed by atoms with Gasteiger partial charge in [0.15, 0.2) is 6.10 Å². The summed E-state index contributed by atoms with van der Waals surface area (Å²) in [4.78, 5) is 24.2. The first kappa shape index (κ1) is 16.9. The highest BCUT2D eigenvalue weighted by molar-refractivity contribution is 5.98. The standard InChI is InChI=1S/C20H19NO4/c1-12-10-18(22)25-17-9-13(2)16(11-15(12)17)21-20(23)19(24-3)14-7-5-4-6-8-14/h4-11,19H,1-3H3,(H,21,23)/t19-/m1/s1.